The number of benzene rings is 1. The zero-order chi connectivity index (χ0) is 13.2. The molecule has 90 valence electrons. The van der Waals surface area contributed by atoms with Gasteiger partial charge in [-0.25, -0.2) is 9.97 Å². The second-order valence-corrected chi connectivity index (χ2v) is 3.45. The summed E-state index contributed by atoms with van der Waals surface area (Å²) in [6.07, 6.45) is -2.98. The van der Waals surface area contributed by atoms with E-state index in [9.17, 15) is 13.2 Å². The molecule has 0 saturated carbocycles. The van der Waals surface area contributed by atoms with Gasteiger partial charge in [-0.2, -0.15) is 18.4 Å². The largest absolute Gasteiger partial charge is 0.416 e. The SMILES string of the molecule is N#Cc1ccnc(-c2ccc(C(F)(F)F)cc2)n1. The van der Waals surface area contributed by atoms with Crippen molar-refractivity contribution in [3.05, 3.63) is 47.8 Å². The van der Waals surface area contributed by atoms with Crippen molar-refractivity contribution in [2.45, 2.75) is 6.18 Å². The highest BCUT2D eigenvalue weighted by atomic mass is 19.4. The highest BCUT2D eigenvalue weighted by Crippen LogP contribution is 2.30. The van der Waals surface area contributed by atoms with E-state index in [0.717, 1.165) is 12.1 Å². The topological polar surface area (TPSA) is 49.6 Å². The van der Waals surface area contributed by atoms with Crippen LogP contribution in [-0.4, -0.2) is 9.97 Å². The lowest BCUT2D eigenvalue weighted by Gasteiger charge is -2.06. The van der Waals surface area contributed by atoms with Gasteiger partial charge in [0.25, 0.3) is 0 Å². The van der Waals surface area contributed by atoms with Crippen LogP contribution in [0.15, 0.2) is 36.5 Å². The number of aromatic nitrogens is 2. The van der Waals surface area contributed by atoms with Crippen LogP contribution in [0, 0.1) is 11.3 Å². The van der Waals surface area contributed by atoms with Gasteiger partial charge in [0, 0.05) is 11.8 Å². The number of nitrogens with zero attached hydrogens (tertiary/aromatic N) is 3. The van der Waals surface area contributed by atoms with E-state index in [1.807, 2.05) is 6.07 Å². The van der Waals surface area contributed by atoms with Gasteiger partial charge in [0.1, 0.15) is 11.8 Å². The number of alkyl halides is 3. The minimum atomic E-state index is -4.37. The lowest BCUT2D eigenvalue weighted by atomic mass is 10.1. The first-order valence-electron chi connectivity index (χ1n) is 4.91. The normalized spacial score (nSPS) is 11.0. The lowest BCUT2D eigenvalue weighted by molar-refractivity contribution is -0.137. The van der Waals surface area contributed by atoms with Crippen LogP contribution in [0.5, 0.6) is 0 Å². The molecule has 0 N–H and O–H groups in total. The van der Waals surface area contributed by atoms with Crippen LogP contribution in [0.2, 0.25) is 0 Å². The second-order valence-electron chi connectivity index (χ2n) is 3.45. The van der Waals surface area contributed by atoms with Crippen molar-refractivity contribution in [3.63, 3.8) is 0 Å². The minimum Gasteiger partial charge on any atom is -0.236 e. The number of halogens is 3. The van der Waals surface area contributed by atoms with E-state index < -0.39 is 11.7 Å². The van der Waals surface area contributed by atoms with E-state index in [0.29, 0.717) is 5.56 Å². The Balaban J connectivity index is 2.38. The number of rotatable bonds is 1. The van der Waals surface area contributed by atoms with Crippen LogP contribution in [0.1, 0.15) is 11.3 Å². The van der Waals surface area contributed by atoms with Crippen molar-refractivity contribution in [3.8, 4) is 17.5 Å². The Hall–Kier alpha value is -2.42. The van der Waals surface area contributed by atoms with Crippen molar-refractivity contribution in [2.75, 3.05) is 0 Å². The Bertz CT molecular complexity index is 597. The van der Waals surface area contributed by atoms with Gasteiger partial charge in [0.15, 0.2) is 5.82 Å². The Morgan fingerprint density at radius 1 is 1.06 bits per heavy atom. The monoisotopic (exact) mass is 249 g/mol. The first kappa shape index (κ1) is 12.0. The second kappa shape index (κ2) is 4.45. The average molecular weight is 249 g/mol. The summed E-state index contributed by atoms with van der Waals surface area (Å²) in [5.41, 5.74) is -0.136. The summed E-state index contributed by atoms with van der Waals surface area (Å²) in [6, 6.07) is 7.73. The van der Waals surface area contributed by atoms with Crippen molar-refractivity contribution in [2.24, 2.45) is 0 Å². The molecule has 0 radical (unpaired) electrons. The molecule has 0 spiro atoms. The molecule has 0 amide bonds. The van der Waals surface area contributed by atoms with Gasteiger partial charge < -0.3 is 0 Å². The fourth-order valence-electron chi connectivity index (χ4n) is 1.37. The van der Waals surface area contributed by atoms with Crippen molar-refractivity contribution in [1.29, 1.82) is 5.26 Å². The van der Waals surface area contributed by atoms with E-state index in [1.165, 1.54) is 24.4 Å². The fraction of sp³-hybridized carbons (Fsp3) is 0.0833. The Labute approximate surface area is 101 Å². The maximum atomic E-state index is 12.4. The molecule has 0 unspecified atom stereocenters. The Kier molecular flexibility index (Phi) is 2.98. The molecule has 0 atom stereocenters. The summed E-state index contributed by atoms with van der Waals surface area (Å²) in [6.45, 7) is 0. The van der Waals surface area contributed by atoms with E-state index in [-0.39, 0.29) is 11.5 Å². The smallest absolute Gasteiger partial charge is 0.236 e. The maximum absolute atomic E-state index is 12.4. The minimum absolute atomic E-state index is 0.167. The third-order valence-corrected chi connectivity index (χ3v) is 2.24. The molecule has 0 bridgehead atoms. The predicted molar refractivity (Wildman–Crippen MR) is 57.2 cm³/mol. The number of hydrogen-bond acceptors (Lipinski definition) is 3. The van der Waals surface area contributed by atoms with Crippen LogP contribution < -0.4 is 0 Å². The number of nitriles is 1. The summed E-state index contributed by atoms with van der Waals surface area (Å²) in [5.74, 6) is 0.225. The molecule has 0 aliphatic heterocycles. The van der Waals surface area contributed by atoms with E-state index in [2.05, 4.69) is 9.97 Å². The van der Waals surface area contributed by atoms with Gasteiger partial charge >= 0.3 is 6.18 Å². The standard InChI is InChI=1S/C12H6F3N3/c13-12(14,15)9-3-1-8(2-4-9)11-17-6-5-10(7-16)18-11/h1-6H. The molecule has 0 aliphatic rings. The molecular formula is C12H6F3N3. The molecule has 0 saturated heterocycles. The zero-order valence-electron chi connectivity index (χ0n) is 8.94. The summed E-state index contributed by atoms with van der Waals surface area (Å²) in [5, 5.41) is 8.67. The molecule has 2 rings (SSSR count). The van der Waals surface area contributed by atoms with Crippen molar-refractivity contribution in [1.82, 2.24) is 9.97 Å². The molecule has 0 aliphatic carbocycles. The molecule has 1 aromatic carbocycles. The van der Waals surface area contributed by atoms with Gasteiger partial charge in [-0.15, -0.1) is 0 Å². The third-order valence-electron chi connectivity index (χ3n) is 2.24. The molecule has 1 aromatic heterocycles. The molecule has 6 heteroatoms. The summed E-state index contributed by atoms with van der Waals surface area (Å²) in [4.78, 5) is 7.81. The predicted octanol–water partition coefficient (Wildman–Crippen LogP) is 3.03. The van der Waals surface area contributed by atoms with E-state index >= 15 is 0 Å². The first-order valence-corrected chi connectivity index (χ1v) is 4.91. The molecule has 2 aromatic rings. The Morgan fingerprint density at radius 2 is 1.72 bits per heavy atom. The van der Waals surface area contributed by atoms with Crippen LogP contribution in [0.3, 0.4) is 0 Å². The third kappa shape index (κ3) is 2.46. The summed E-state index contributed by atoms with van der Waals surface area (Å²) < 4.78 is 37.1. The van der Waals surface area contributed by atoms with Crippen LogP contribution in [0.4, 0.5) is 13.2 Å². The van der Waals surface area contributed by atoms with Gasteiger partial charge in [0.05, 0.1) is 5.56 Å². The van der Waals surface area contributed by atoms with Crippen LogP contribution >= 0.6 is 0 Å². The fourth-order valence-corrected chi connectivity index (χ4v) is 1.37. The van der Waals surface area contributed by atoms with Crippen molar-refractivity contribution < 1.29 is 13.2 Å². The quantitative estimate of drug-likeness (QED) is 0.780. The maximum Gasteiger partial charge on any atom is 0.416 e. The summed E-state index contributed by atoms with van der Waals surface area (Å²) >= 11 is 0. The molecule has 3 nitrogen and oxygen atoms in total. The van der Waals surface area contributed by atoms with Crippen molar-refractivity contribution >= 4 is 0 Å². The van der Waals surface area contributed by atoms with Gasteiger partial charge in [-0.1, -0.05) is 12.1 Å². The molecule has 1 heterocycles. The van der Waals surface area contributed by atoms with Gasteiger partial charge in [0.2, 0.25) is 0 Å². The Morgan fingerprint density at radius 3 is 2.28 bits per heavy atom. The van der Waals surface area contributed by atoms with Gasteiger partial charge in [-0.3, -0.25) is 0 Å². The van der Waals surface area contributed by atoms with Gasteiger partial charge in [-0.05, 0) is 18.2 Å². The first-order chi connectivity index (χ1) is 8.50. The van der Waals surface area contributed by atoms with Crippen LogP contribution in [-0.2, 0) is 6.18 Å². The average Bonchev–Trinajstić information content (AvgIpc) is 2.38. The molecule has 0 fully saturated rings. The highest BCUT2D eigenvalue weighted by Gasteiger charge is 2.30. The van der Waals surface area contributed by atoms with E-state index in [4.69, 9.17) is 5.26 Å². The number of hydrogen-bond donors (Lipinski definition) is 0. The zero-order valence-corrected chi connectivity index (χ0v) is 8.94. The lowest BCUT2D eigenvalue weighted by Crippen LogP contribution is -2.04. The molecule has 18 heavy (non-hydrogen) atoms. The molecular weight excluding hydrogens is 243 g/mol. The van der Waals surface area contributed by atoms with Crippen LogP contribution in [0.25, 0.3) is 11.4 Å². The highest BCUT2D eigenvalue weighted by molar-refractivity contribution is 5.55. The summed E-state index contributed by atoms with van der Waals surface area (Å²) in [7, 11) is 0. The van der Waals surface area contributed by atoms with E-state index in [1.54, 1.807) is 0 Å².